The number of carboxylic acid groups (broad SMARTS) is 1. The molecule has 1 unspecified atom stereocenters. The van der Waals surface area contributed by atoms with Gasteiger partial charge in [0.15, 0.2) is 0 Å². The van der Waals surface area contributed by atoms with Gasteiger partial charge in [-0.05, 0) is 43.5 Å². The molecule has 1 fully saturated rings. The molecule has 1 heterocycles. The predicted molar refractivity (Wildman–Crippen MR) is 66.6 cm³/mol. The van der Waals surface area contributed by atoms with E-state index in [9.17, 15) is 13.6 Å². The Labute approximate surface area is 110 Å². The average Bonchev–Trinajstić information content (AvgIpc) is 2.79. The van der Waals surface area contributed by atoms with E-state index in [-0.39, 0.29) is 6.42 Å². The molecule has 0 bridgehead atoms. The number of benzene rings is 1. The fraction of sp³-hybridized carbons (Fsp3) is 0.500. The quantitative estimate of drug-likeness (QED) is 0.893. The van der Waals surface area contributed by atoms with Crippen LogP contribution in [0.15, 0.2) is 18.2 Å². The zero-order chi connectivity index (χ0) is 13.8. The third-order valence-electron chi connectivity index (χ3n) is 3.54. The SMILES string of the molecule is O=C(O)CCC1CCN(Cc2cc(F)ccc2F)C1. The Morgan fingerprint density at radius 3 is 2.95 bits per heavy atom. The molecule has 0 spiro atoms. The lowest BCUT2D eigenvalue weighted by Gasteiger charge is -2.16. The van der Waals surface area contributed by atoms with E-state index < -0.39 is 17.6 Å². The summed E-state index contributed by atoms with van der Waals surface area (Å²) in [5.74, 6) is -1.27. The van der Waals surface area contributed by atoms with Crippen LogP contribution in [-0.4, -0.2) is 29.1 Å². The molecule has 1 aromatic carbocycles. The van der Waals surface area contributed by atoms with Gasteiger partial charge >= 0.3 is 5.97 Å². The average molecular weight is 269 g/mol. The molecule has 0 aliphatic carbocycles. The van der Waals surface area contributed by atoms with E-state index in [1.807, 2.05) is 4.90 Å². The predicted octanol–water partition coefficient (Wildman–Crippen LogP) is 2.65. The number of nitrogens with zero attached hydrogens (tertiary/aromatic N) is 1. The fourth-order valence-corrected chi connectivity index (χ4v) is 2.53. The van der Waals surface area contributed by atoms with E-state index in [0.29, 0.717) is 24.4 Å². The van der Waals surface area contributed by atoms with Crippen LogP contribution in [0, 0.1) is 17.6 Å². The van der Waals surface area contributed by atoms with Gasteiger partial charge in [0.25, 0.3) is 0 Å². The highest BCUT2D eigenvalue weighted by Gasteiger charge is 2.23. The molecule has 3 nitrogen and oxygen atoms in total. The van der Waals surface area contributed by atoms with Gasteiger partial charge in [-0.25, -0.2) is 8.78 Å². The first-order valence-corrected chi connectivity index (χ1v) is 6.42. The van der Waals surface area contributed by atoms with Crippen LogP contribution in [0.1, 0.15) is 24.8 Å². The van der Waals surface area contributed by atoms with Crippen molar-refractivity contribution < 1.29 is 18.7 Å². The standard InChI is InChI=1S/C14H17F2NO2/c15-12-2-3-13(16)11(7-12)9-17-6-5-10(8-17)1-4-14(18)19/h2-3,7,10H,1,4-6,8-9H2,(H,18,19). The van der Waals surface area contributed by atoms with Crippen molar-refractivity contribution in [2.45, 2.75) is 25.8 Å². The third kappa shape index (κ3) is 3.99. The minimum Gasteiger partial charge on any atom is -0.481 e. The van der Waals surface area contributed by atoms with Crippen molar-refractivity contribution in [2.24, 2.45) is 5.92 Å². The maximum absolute atomic E-state index is 13.5. The summed E-state index contributed by atoms with van der Waals surface area (Å²) in [4.78, 5) is 12.6. The van der Waals surface area contributed by atoms with Gasteiger partial charge in [0.1, 0.15) is 11.6 Å². The molecule has 1 aliphatic rings. The van der Waals surface area contributed by atoms with Crippen LogP contribution in [0.25, 0.3) is 0 Å². The smallest absolute Gasteiger partial charge is 0.303 e. The second-order valence-electron chi connectivity index (χ2n) is 5.06. The monoisotopic (exact) mass is 269 g/mol. The lowest BCUT2D eigenvalue weighted by atomic mass is 10.0. The van der Waals surface area contributed by atoms with E-state index in [4.69, 9.17) is 5.11 Å². The van der Waals surface area contributed by atoms with Crippen molar-refractivity contribution in [3.8, 4) is 0 Å². The van der Waals surface area contributed by atoms with E-state index in [2.05, 4.69) is 0 Å². The molecule has 0 radical (unpaired) electrons. The van der Waals surface area contributed by atoms with Gasteiger partial charge in [-0.3, -0.25) is 9.69 Å². The molecule has 1 aliphatic heterocycles. The zero-order valence-electron chi connectivity index (χ0n) is 10.6. The Hall–Kier alpha value is -1.49. The van der Waals surface area contributed by atoms with Crippen LogP contribution in [-0.2, 0) is 11.3 Å². The number of rotatable bonds is 5. The molecule has 0 saturated carbocycles. The summed E-state index contributed by atoms with van der Waals surface area (Å²) < 4.78 is 26.6. The van der Waals surface area contributed by atoms with E-state index in [1.165, 1.54) is 6.07 Å². The first-order chi connectivity index (χ1) is 9.04. The van der Waals surface area contributed by atoms with Gasteiger partial charge in [0.05, 0.1) is 0 Å². The Kier molecular flexibility index (Phi) is 4.47. The van der Waals surface area contributed by atoms with Crippen molar-refractivity contribution in [1.82, 2.24) is 4.90 Å². The summed E-state index contributed by atoms with van der Waals surface area (Å²) in [6.45, 7) is 1.94. The molecule has 1 N–H and O–H groups in total. The van der Waals surface area contributed by atoms with E-state index in [0.717, 1.165) is 31.6 Å². The number of halogens is 2. The Balaban J connectivity index is 1.87. The molecule has 1 saturated heterocycles. The second kappa shape index (κ2) is 6.10. The van der Waals surface area contributed by atoms with Crippen LogP contribution in [0.4, 0.5) is 8.78 Å². The van der Waals surface area contributed by atoms with Crippen LogP contribution in [0.3, 0.4) is 0 Å². The molecule has 0 amide bonds. The number of hydrogen-bond donors (Lipinski definition) is 1. The van der Waals surface area contributed by atoms with E-state index >= 15 is 0 Å². The van der Waals surface area contributed by atoms with Crippen LogP contribution in [0.2, 0.25) is 0 Å². The first kappa shape index (κ1) is 13.9. The number of aliphatic carboxylic acids is 1. The van der Waals surface area contributed by atoms with Gasteiger partial charge in [0, 0.05) is 25.1 Å². The normalized spacial score (nSPS) is 19.8. The van der Waals surface area contributed by atoms with Crippen LogP contribution < -0.4 is 0 Å². The van der Waals surface area contributed by atoms with Crippen molar-refractivity contribution in [1.29, 1.82) is 0 Å². The Bertz CT molecular complexity index is 465. The van der Waals surface area contributed by atoms with Gasteiger partial charge < -0.3 is 5.11 Å². The number of carboxylic acids is 1. The lowest BCUT2D eigenvalue weighted by Crippen LogP contribution is -2.21. The summed E-state index contributed by atoms with van der Waals surface area (Å²) in [6, 6.07) is 3.47. The maximum Gasteiger partial charge on any atom is 0.303 e. The lowest BCUT2D eigenvalue weighted by molar-refractivity contribution is -0.137. The summed E-state index contributed by atoms with van der Waals surface area (Å²) >= 11 is 0. The topological polar surface area (TPSA) is 40.5 Å². The molecule has 0 aromatic heterocycles. The minimum absolute atomic E-state index is 0.173. The summed E-state index contributed by atoms with van der Waals surface area (Å²) in [7, 11) is 0. The second-order valence-corrected chi connectivity index (χ2v) is 5.06. The number of carbonyl (C=O) groups is 1. The Morgan fingerprint density at radius 1 is 1.42 bits per heavy atom. The fourth-order valence-electron chi connectivity index (χ4n) is 2.53. The first-order valence-electron chi connectivity index (χ1n) is 6.42. The Morgan fingerprint density at radius 2 is 2.21 bits per heavy atom. The molecular formula is C14H17F2NO2. The molecule has 5 heteroatoms. The van der Waals surface area contributed by atoms with Crippen molar-refractivity contribution in [3.63, 3.8) is 0 Å². The van der Waals surface area contributed by atoms with Gasteiger partial charge in [-0.2, -0.15) is 0 Å². The highest BCUT2D eigenvalue weighted by atomic mass is 19.1. The highest BCUT2D eigenvalue weighted by molar-refractivity contribution is 5.66. The molecule has 1 aromatic rings. The van der Waals surface area contributed by atoms with Crippen molar-refractivity contribution in [3.05, 3.63) is 35.4 Å². The van der Waals surface area contributed by atoms with Gasteiger partial charge in [-0.15, -0.1) is 0 Å². The highest BCUT2D eigenvalue weighted by Crippen LogP contribution is 2.23. The molecule has 2 rings (SSSR count). The van der Waals surface area contributed by atoms with Gasteiger partial charge in [0.2, 0.25) is 0 Å². The molecular weight excluding hydrogens is 252 g/mol. The number of hydrogen-bond acceptors (Lipinski definition) is 2. The zero-order valence-corrected chi connectivity index (χ0v) is 10.6. The number of likely N-dealkylation sites (tertiary alicyclic amines) is 1. The summed E-state index contributed by atoms with van der Waals surface area (Å²) in [5, 5.41) is 8.64. The van der Waals surface area contributed by atoms with Crippen molar-refractivity contribution in [2.75, 3.05) is 13.1 Å². The van der Waals surface area contributed by atoms with Crippen LogP contribution in [0.5, 0.6) is 0 Å². The van der Waals surface area contributed by atoms with Gasteiger partial charge in [-0.1, -0.05) is 0 Å². The minimum atomic E-state index is -0.783. The summed E-state index contributed by atoms with van der Waals surface area (Å²) in [6.07, 6.45) is 1.74. The molecule has 1 atom stereocenters. The largest absolute Gasteiger partial charge is 0.481 e. The third-order valence-corrected chi connectivity index (χ3v) is 3.54. The van der Waals surface area contributed by atoms with Crippen molar-refractivity contribution >= 4 is 5.97 Å². The maximum atomic E-state index is 13.5. The van der Waals surface area contributed by atoms with E-state index in [1.54, 1.807) is 0 Å². The summed E-state index contributed by atoms with van der Waals surface area (Å²) in [5.41, 5.74) is 0.360. The molecule has 104 valence electrons. The molecule has 19 heavy (non-hydrogen) atoms. The van der Waals surface area contributed by atoms with Crippen LogP contribution >= 0.6 is 0 Å².